The number of para-hydroxylation sites is 1. The zero-order valence-corrected chi connectivity index (χ0v) is 15.5. The molecular formula is C22H25N3O2. The average Bonchev–Trinajstić information content (AvgIpc) is 2.72. The molecule has 140 valence electrons. The zero-order valence-electron chi connectivity index (χ0n) is 15.5. The number of rotatable bonds is 4. The average molecular weight is 363 g/mol. The lowest BCUT2D eigenvalue weighted by atomic mass is 9.85. The lowest BCUT2D eigenvalue weighted by Gasteiger charge is -2.38. The van der Waals surface area contributed by atoms with Crippen LogP contribution in [0, 0.1) is 5.92 Å². The molecule has 1 aromatic heterocycles. The molecule has 1 atom stereocenters. The second kappa shape index (κ2) is 7.91. The number of carbonyl (C=O) groups is 2. The number of pyridine rings is 1. The predicted octanol–water partition coefficient (Wildman–Crippen LogP) is 3.66. The van der Waals surface area contributed by atoms with Crippen molar-refractivity contribution in [2.75, 3.05) is 13.1 Å². The third kappa shape index (κ3) is 3.87. The van der Waals surface area contributed by atoms with E-state index in [1.807, 2.05) is 35.2 Å². The highest BCUT2D eigenvalue weighted by Crippen LogP contribution is 2.35. The fraction of sp³-hybridized carbons (Fsp3) is 0.409. The van der Waals surface area contributed by atoms with Gasteiger partial charge in [-0.3, -0.25) is 14.6 Å². The summed E-state index contributed by atoms with van der Waals surface area (Å²) in [5.74, 6) is 0.481. The lowest BCUT2D eigenvalue weighted by Crippen LogP contribution is -2.40. The van der Waals surface area contributed by atoms with Gasteiger partial charge in [-0.2, -0.15) is 0 Å². The normalized spacial score (nSPS) is 19.3. The van der Waals surface area contributed by atoms with Gasteiger partial charge in [-0.25, -0.2) is 0 Å². The summed E-state index contributed by atoms with van der Waals surface area (Å²) in [5, 5.41) is 3.79. The number of nitrogens with one attached hydrogen (secondary N) is 1. The van der Waals surface area contributed by atoms with Crippen molar-refractivity contribution in [3.05, 3.63) is 53.9 Å². The molecule has 2 amide bonds. The predicted molar refractivity (Wildman–Crippen MR) is 105 cm³/mol. The van der Waals surface area contributed by atoms with E-state index in [1.54, 1.807) is 6.20 Å². The SMILES string of the molecule is O=C(NCCC(=O)N1CCCC2CCCC=C21)c1cnc2ccccc2c1. The fourth-order valence-corrected chi connectivity index (χ4v) is 4.16. The van der Waals surface area contributed by atoms with Gasteiger partial charge in [0.2, 0.25) is 5.91 Å². The van der Waals surface area contributed by atoms with E-state index >= 15 is 0 Å². The number of aromatic nitrogens is 1. The summed E-state index contributed by atoms with van der Waals surface area (Å²) in [4.78, 5) is 31.3. The number of likely N-dealkylation sites (tertiary alicyclic amines) is 1. The van der Waals surface area contributed by atoms with Crippen molar-refractivity contribution in [3.8, 4) is 0 Å². The molecule has 0 radical (unpaired) electrons. The summed E-state index contributed by atoms with van der Waals surface area (Å²) in [5.41, 5.74) is 2.61. The molecule has 1 fully saturated rings. The molecule has 0 bridgehead atoms. The Hall–Kier alpha value is -2.69. The number of piperidine rings is 1. The van der Waals surface area contributed by atoms with Gasteiger partial charge in [0.15, 0.2) is 0 Å². The number of allylic oxidation sites excluding steroid dienone is 2. The summed E-state index contributed by atoms with van der Waals surface area (Å²) in [7, 11) is 0. The molecule has 5 heteroatoms. The largest absolute Gasteiger partial charge is 0.351 e. The number of fused-ring (bicyclic) bond motifs is 2. The smallest absolute Gasteiger partial charge is 0.252 e. The molecule has 5 nitrogen and oxygen atoms in total. The lowest BCUT2D eigenvalue weighted by molar-refractivity contribution is -0.130. The molecule has 0 saturated carbocycles. The molecule has 1 saturated heterocycles. The Labute approximate surface area is 159 Å². The first-order chi connectivity index (χ1) is 13.2. The van der Waals surface area contributed by atoms with Gasteiger partial charge in [-0.15, -0.1) is 0 Å². The van der Waals surface area contributed by atoms with E-state index in [-0.39, 0.29) is 11.8 Å². The van der Waals surface area contributed by atoms with Crippen LogP contribution in [0.2, 0.25) is 0 Å². The Morgan fingerprint density at radius 2 is 2.04 bits per heavy atom. The minimum Gasteiger partial charge on any atom is -0.351 e. The first-order valence-electron chi connectivity index (χ1n) is 9.86. The van der Waals surface area contributed by atoms with Crippen LogP contribution >= 0.6 is 0 Å². The van der Waals surface area contributed by atoms with Crippen LogP contribution in [0.3, 0.4) is 0 Å². The quantitative estimate of drug-likeness (QED) is 0.902. The van der Waals surface area contributed by atoms with E-state index in [4.69, 9.17) is 0 Å². The van der Waals surface area contributed by atoms with Gasteiger partial charge >= 0.3 is 0 Å². The third-order valence-electron chi connectivity index (χ3n) is 5.55. The molecule has 1 unspecified atom stereocenters. The van der Waals surface area contributed by atoms with Crippen molar-refractivity contribution in [2.45, 2.75) is 38.5 Å². The summed E-state index contributed by atoms with van der Waals surface area (Å²) in [6.07, 6.45) is 9.92. The van der Waals surface area contributed by atoms with Crippen LogP contribution in [0.5, 0.6) is 0 Å². The van der Waals surface area contributed by atoms with Crippen molar-refractivity contribution in [1.29, 1.82) is 0 Å². The van der Waals surface area contributed by atoms with E-state index < -0.39 is 0 Å². The number of carbonyl (C=O) groups excluding carboxylic acids is 2. The van der Waals surface area contributed by atoms with Crippen molar-refractivity contribution >= 4 is 22.7 Å². The third-order valence-corrected chi connectivity index (χ3v) is 5.55. The van der Waals surface area contributed by atoms with Gasteiger partial charge in [0.05, 0.1) is 11.1 Å². The van der Waals surface area contributed by atoms with E-state index in [0.717, 1.165) is 30.3 Å². The van der Waals surface area contributed by atoms with Gasteiger partial charge in [0.1, 0.15) is 0 Å². The maximum absolute atomic E-state index is 12.7. The molecular weight excluding hydrogens is 338 g/mol. The van der Waals surface area contributed by atoms with E-state index in [9.17, 15) is 9.59 Å². The minimum atomic E-state index is -0.186. The molecule has 2 aliphatic rings. The number of benzene rings is 1. The molecule has 27 heavy (non-hydrogen) atoms. The van der Waals surface area contributed by atoms with Crippen LogP contribution in [0.4, 0.5) is 0 Å². The first kappa shape index (κ1) is 17.7. The number of hydrogen-bond acceptors (Lipinski definition) is 3. The van der Waals surface area contributed by atoms with Crippen molar-refractivity contribution in [1.82, 2.24) is 15.2 Å². The standard InChI is InChI=1S/C22H25N3O2/c26-21(25-13-5-8-16-6-2-4-10-20(16)25)11-12-23-22(27)18-14-17-7-1-3-9-19(17)24-15-18/h1,3,7,9-10,14-16H,2,4-6,8,11-13H2,(H,23,27). The van der Waals surface area contributed by atoms with Gasteiger partial charge in [0, 0.05) is 36.8 Å². The highest BCUT2D eigenvalue weighted by molar-refractivity contribution is 5.97. The Morgan fingerprint density at radius 1 is 1.19 bits per heavy atom. The zero-order chi connectivity index (χ0) is 18.6. The molecule has 1 N–H and O–H groups in total. The molecule has 0 spiro atoms. The summed E-state index contributed by atoms with van der Waals surface area (Å²) in [6, 6.07) is 9.54. The molecule has 1 aromatic carbocycles. The molecule has 4 rings (SSSR count). The van der Waals surface area contributed by atoms with E-state index in [1.165, 1.54) is 25.0 Å². The second-order valence-corrected chi connectivity index (χ2v) is 7.37. The molecule has 2 aromatic rings. The second-order valence-electron chi connectivity index (χ2n) is 7.37. The fourth-order valence-electron chi connectivity index (χ4n) is 4.16. The van der Waals surface area contributed by atoms with Crippen molar-refractivity contribution in [2.24, 2.45) is 5.92 Å². The van der Waals surface area contributed by atoms with Gasteiger partial charge in [0.25, 0.3) is 5.91 Å². The highest BCUT2D eigenvalue weighted by Gasteiger charge is 2.29. The summed E-state index contributed by atoms with van der Waals surface area (Å²) >= 11 is 0. The van der Waals surface area contributed by atoms with E-state index in [0.29, 0.717) is 24.4 Å². The number of nitrogens with zero attached hydrogens (tertiary/aromatic N) is 2. The monoisotopic (exact) mass is 363 g/mol. The Bertz CT molecular complexity index is 890. The summed E-state index contributed by atoms with van der Waals surface area (Å²) in [6.45, 7) is 1.16. The molecule has 1 aliphatic heterocycles. The topological polar surface area (TPSA) is 62.3 Å². The van der Waals surface area contributed by atoms with Crippen LogP contribution in [-0.2, 0) is 4.79 Å². The van der Waals surface area contributed by atoms with Crippen LogP contribution in [0.25, 0.3) is 10.9 Å². The van der Waals surface area contributed by atoms with E-state index in [2.05, 4.69) is 16.4 Å². The maximum Gasteiger partial charge on any atom is 0.252 e. The van der Waals surface area contributed by atoms with Crippen LogP contribution in [0.15, 0.2) is 48.3 Å². The van der Waals surface area contributed by atoms with Crippen molar-refractivity contribution in [3.63, 3.8) is 0 Å². The number of hydrogen-bond donors (Lipinski definition) is 1. The van der Waals surface area contributed by atoms with Crippen LogP contribution in [0.1, 0.15) is 48.9 Å². The molecule has 2 heterocycles. The van der Waals surface area contributed by atoms with Crippen LogP contribution < -0.4 is 5.32 Å². The highest BCUT2D eigenvalue weighted by atomic mass is 16.2. The maximum atomic E-state index is 12.7. The Balaban J connectivity index is 1.33. The molecule has 1 aliphatic carbocycles. The van der Waals surface area contributed by atoms with Crippen LogP contribution in [-0.4, -0.2) is 34.8 Å². The summed E-state index contributed by atoms with van der Waals surface area (Å²) < 4.78 is 0. The van der Waals surface area contributed by atoms with Gasteiger partial charge in [-0.05, 0) is 50.2 Å². The Kier molecular flexibility index (Phi) is 5.19. The van der Waals surface area contributed by atoms with Crippen molar-refractivity contribution < 1.29 is 9.59 Å². The first-order valence-corrected chi connectivity index (χ1v) is 9.86. The van der Waals surface area contributed by atoms with Gasteiger partial charge in [-0.1, -0.05) is 24.3 Å². The van der Waals surface area contributed by atoms with Gasteiger partial charge < -0.3 is 10.2 Å². The Morgan fingerprint density at radius 3 is 2.96 bits per heavy atom. The number of amides is 2. The minimum absolute atomic E-state index is 0.116.